The monoisotopic (exact) mass is 221 g/mol. The van der Waals surface area contributed by atoms with Gasteiger partial charge in [-0.05, 0) is 32.3 Å². The average molecular weight is 221 g/mol. The zero-order chi connectivity index (χ0) is 11.6. The summed E-state index contributed by atoms with van der Waals surface area (Å²) in [5.74, 6) is 0. The van der Waals surface area contributed by atoms with Gasteiger partial charge in [-0.15, -0.1) is 0 Å². The maximum absolute atomic E-state index is 6.16. The van der Waals surface area contributed by atoms with Crippen LogP contribution in [0.1, 0.15) is 57.7 Å². The molecule has 0 saturated heterocycles. The predicted octanol–water partition coefficient (Wildman–Crippen LogP) is 2.67. The Balaban J connectivity index is 2.01. The van der Waals surface area contributed by atoms with Gasteiger partial charge in [0, 0.05) is 18.2 Å². The van der Waals surface area contributed by atoms with Crippen LogP contribution in [0.4, 0.5) is 0 Å². The molecule has 0 aliphatic heterocycles. The Bertz CT molecular complexity index is 335. The van der Waals surface area contributed by atoms with Gasteiger partial charge >= 0.3 is 0 Å². The Labute approximate surface area is 98.0 Å². The van der Waals surface area contributed by atoms with Crippen molar-refractivity contribution in [2.24, 2.45) is 5.73 Å². The second kappa shape index (κ2) is 4.58. The van der Waals surface area contributed by atoms with Crippen molar-refractivity contribution in [3.8, 4) is 0 Å². The minimum Gasteiger partial charge on any atom is -0.325 e. The summed E-state index contributed by atoms with van der Waals surface area (Å²) in [6, 6.07) is 2.76. The van der Waals surface area contributed by atoms with Crippen LogP contribution >= 0.6 is 0 Å². The van der Waals surface area contributed by atoms with E-state index in [1.54, 1.807) is 0 Å². The topological polar surface area (TPSA) is 43.8 Å². The predicted molar refractivity (Wildman–Crippen MR) is 66.3 cm³/mol. The number of hydrogen-bond donors (Lipinski definition) is 1. The first-order valence-electron chi connectivity index (χ1n) is 6.43. The molecule has 1 aromatic rings. The zero-order valence-electron chi connectivity index (χ0n) is 10.4. The van der Waals surface area contributed by atoms with Gasteiger partial charge < -0.3 is 5.73 Å². The second-order valence-electron chi connectivity index (χ2n) is 5.41. The number of nitrogens with two attached hydrogens (primary N) is 1. The molecule has 16 heavy (non-hydrogen) atoms. The summed E-state index contributed by atoms with van der Waals surface area (Å²) < 4.78 is 2.15. The average Bonchev–Trinajstić information content (AvgIpc) is 2.86. The highest BCUT2D eigenvalue weighted by Gasteiger charge is 2.20. The van der Waals surface area contributed by atoms with Crippen molar-refractivity contribution in [2.45, 2.75) is 64.0 Å². The molecule has 3 nitrogen and oxygen atoms in total. The lowest BCUT2D eigenvalue weighted by Crippen LogP contribution is -2.37. The lowest BCUT2D eigenvalue weighted by molar-refractivity contribution is 0.428. The summed E-state index contributed by atoms with van der Waals surface area (Å²) in [6.07, 6.45) is 9.26. The third kappa shape index (κ3) is 2.64. The van der Waals surface area contributed by atoms with Gasteiger partial charge in [-0.2, -0.15) is 5.10 Å². The van der Waals surface area contributed by atoms with Crippen LogP contribution in [0.2, 0.25) is 0 Å². The van der Waals surface area contributed by atoms with E-state index in [0.717, 1.165) is 18.5 Å². The number of aromatic nitrogens is 2. The van der Waals surface area contributed by atoms with Crippen LogP contribution in [0.5, 0.6) is 0 Å². The van der Waals surface area contributed by atoms with Crippen molar-refractivity contribution in [3.63, 3.8) is 0 Å². The third-order valence-electron chi connectivity index (χ3n) is 3.76. The van der Waals surface area contributed by atoms with Gasteiger partial charge in [-0.1, -0.05) is 19.8 Å². The van der Waals surface area contributed by atoms with Gasteiger partial charge in [0.25, 0.3) is 0 Å². The Morgan fingerprint density at radius 2 is 2.19 bits per heavy atom. The molecule has 90 valence electrons. The maximum Gasteiger partial charge on any atom is 0.0642 e. The van der Waals surface area contributed by atoms with E-state index in [1.807, 2.05) is 0 Å². The quantitative estimate of drug-likeness (QED) is 0.849. The fraction of sp³-hybridized carbons (Fsp3) is 0.769. The molecule has 0 amide bonds. The van der Waals surface area contributed by atoms with E-state index in [-0.39, 0.29) is 5.54 Å². The van der Waals surface area contributed by atoms with Crippen LogP contribution in [0.25, 0.3) is 0 Å². The first-order chi connectivity index (χ1) is 7.61. The minimum absolute atomic E-state index is 0.116. The van der Waals surface area contributed by atoms with Gasteiger partial charge in [-0.3, -0.25) is 4.68 Å². The van der Waals surface area contributed by atoms with Crippen molar-refractivity contribution in [2.75, 3.05) is 0 Å². The minimum atomic E-state index is -0.116. The third-order valence-corrected chi connectivity index (χ3v) is 3.76. The molecule has 2 rings (SSSR count). The summed E-state index contributed by atoms with van der Waals surface area (Å²) >= 11 is 0. The fourth-order valence-corrected chi connectivity index (χ4v) is 2.38. The SMILES string of the molecule is CCC(C)(N)Cc1ccn(C2CCCC2)n1. The molecule has 0 bridgehead atoms. The van der Waals surface area contributed by atoms with Crippen LogP contribution in [0.15, 0.2) is 12.3 Å². The van der Waals surface area contributed by atoms with Crippen LogP contribution in [0.3, 0.4) is 0 Å². The summed E-state index contributed by atoms with van der Waals surface area (Å²) in [4.78, 5) is 0. The van der Waals surface area contributed by atoms with E-state index in [4.69, 9.17) is 5.73 Å². The Morgan fingerprint density at radius 1 is 1.50 bits per heavy atom. The molecule has 1 fully saturated rings. The van der Waals surface area contributed by atoms with E-state index in [1.165, 1.54) is 25.7 Å². The van der Waals surface area contributed by atoms with Crippen molar-refractivity contribution >= 4 is 0 Å². The number of rotatable bonds is 4. The number of nitrogens with zero attached hydrogens (tertiary/aromatic N) is 2. The van der Waals surface area contributed by atoms with Gasteiger partial charge in [0.2, 0.25) is 0 Å². The van der Waals surface area contributed by atoms with Crippen LogP contribution in [0, 0.1) is 0 Å². The Morgan fingerprint density at radius 3 is 2.81 bits per heavy atom. The molecule has 1 aliphatic carbocycles. The van der Waals surface area contributed by atoms with E-state index >= 15 is 0 Å². The van der Waals surface area contributed by atoms with Gasteiger partial charge in [0.05, 0.1) is 11.7 Å². The molecular weight excluding hydrogens is 198 g/mol. The molecule has 1 aromatic heterocycles. The molecular formula is C13H23N3. The lowest BCUT2D eigenvalue weighted by atomic mass is 9.94. The molecule has 1 heterocycles. The standard InChI is InChI=1S/C13H23N3/c1-3-13(2,14)10-11-8-9-16(15-11)12-6-4-5-7-12/h8-9,12H,3-7,10,14H2,1-2H3. The van der Waals surface area contributed by atoms with Crippen LogP contribution in [-0.2, 0) is 6.42 Å². The zero-order valence-corrected chi connectivity index (χ0v) is 10.4. The summed E-state index contributed by atoms with van der Waals surface area (Å²) in [5, 5.41) is 4.66. The highest BCUT2D eigenvalue weighted by molar-refractivity contribution is 5.05. The summed E-state index contributed by atoms with van der Waals surface area (Å²) in [6.45, 7) is 4.23. The molecule has 1 atom stereocenters. The summed E-state index contributed by atoms with van der Waals surface area (Å²) in [5.41, 5.74) is 7.18. The first kappa shape index (κ1) is 11.6. The fourth-order valence-electron chi connectivity index (χ4n) is 2.38. The molecule has 3 heteroatoms. The van der Waals surface area contributed by atoms with Crippen molar-refractivity contribution in [1.82, 2.24) is 9.78 Å². The van der Waals surface area contributed by atoms with Crippen molar-refractivity contribution in [1.29, 1.82) is 0 Å². The molecule has 2 N–H and O–H groups in total. The summed E-state index contributed by atoms with van der Waals surface area (Å²) in [7, 11) is 0. The largest absolute Gasteiger partial charge is 0.325 e. The second-order valence-corrected chi connectivity index (χ2v) is 5.41. The van der Waals surface area contributed by atoms with Gasteiger partial charge in [0.1, 0.15) is 0 Å². The molecule has 1 aliphatic rings. The van der Waals surface area contributed by atoms with Gasteiger partial charge in [0.15, 0.2) is 0 Å². The maximum atomic E-state index is 6.16. The molecule has 0 aromatic carbocycles. The highest BCUT2D eigenvalue weighted by atomic mass is 15.3. The van der Waals surface area contributed by atoms with E-state index in [2.05, 4.69) is 35.9 Å². The van der Waals surface area contributed by atoms with E-state index in [0.29, 0.717) is 6.04 Å². The Hall–Kier alpha value is -0.830. The van der Waals surface area contributed by atoms with Crippen LogP contribution in [-0.4, -0.2) is 15.3 Å². The van der Waals surface area contributed by atoms with E-state index in [9.17, 15) is 0 Å². The van der Waals surface area contributed by atoms with Gasteiger partial charge in [-0.25, -0.2) is 0 Å². The molecule has 0 radical (unpaired) electrons. The Kier molecular flexibility index (Phi) is 3.33. The van der Waals surface area contributed by atoms with E-state index < -0.39 is 0 Å². The molecule has 1 unspecified atom stereocenters. The highest BCUT2D eigenvalue weighted by Crippen LogP contribution is 2.28. The normalized spacial score (nSPS) is 21.2. The van der Waals surface area contributed by atoms with Crippen molar-refractivity contribution < 1.29 is 0 Å². The smallest absolute Gasteiger partial charge is 0.0642 e. The first-order valence-corrected chi connectivity index (χ1v) is 6.43. The number of hydrogen-bond acceptors (Lipinski definition) is 2. The molecule has 1 saturated carbocycles. The van der Waals surface area contributed by atoms with Crippen LogP contribution < -0.4 is 5.73 Å². The molecule has 0 spiro atoms. The van der Waals surface area contributed by atoms with Crippen molar-refractivity contribution in [3.05, 3.63) is 18.0 Å². The lowest BCUT2D eigenvalue weighted by Gasteiger charge is -2.21.